The molecule has 208 valence electrons. The molecule has 2 heterocycles. The highest BCUT2D eigenvalue weighted by Gasteiger charge is 2.22. The van der Waals surface area contributed by atoms with E-state index in [0.717, 1.165) is 11.1 Å². The minimum atomic E-state index is 1.15. The Hall–Kier alpha value is -5.99. The van der Waals surface area contributed by atoms with Gasteiger partial charge in [0.05, 0.1) is 11.0 Å². The van der Waals surface area contributed by atoms with Crippen LogP contribution >= 0.6 is 0 Å². The molecular weight excluding hydrogens is 544 g/mol. The number of aromatic nitrogens is 2. The quantitative estimate of drug-likeness (QED) is 0.207. The Morgan fingerprint density at radius 2 is 1.04 bits per heavy atom. The van der Waals surface area contributed by atoms with Crippen molar-refractivity contribution in [2.24, 2.45) is 0 Å². The first kappa shape index (κ1) is 24.5. The summed E-state index contributed by atoms with van der Waals surface area (Å²) in [5.74, 6) is 0. The second-order valence-electron chi connectivity index (χ2n) is 11.9. The summed E-state index contributed by atoms with van der Waals surface area (Å²) in [4.78, 5) is 4.59. The van der Waals surface area contributed by atoms with Gasteiger partial charge in [0, 0.05) is 39.6 Å². The van der Waals surface area contributed by atoms with Crippen LogP contribution in [-0.2, 0) is 0 Å². The van der Waals surface area contributed by atoms with Crippen LogP contribution in [0.3, 0.4) is 0 Å². The Morgan fingerprint density at radius 1 is 0.400 bits per heavy atom. The van der Waals surface area contributed by atoms with E-state index in [0.29, 0.717) is 0 Å². The second-order valence-corrected chi connectivity index (χ2v) is 11.9. The molecule has 2 nitrogen and oxygen atoms in total. The first-order chi connectivity index (χ1) is 22.3. The van der Waals surface area contributed by atoms with E-state index in [2.05, 4.69) is 155 Å². The van der Waals surface area contributed by atoms with Gasteiger partial charge in [0.2, 0.25) is 0 Å². The third-order valence-corrected chi connectivity index (χ3v) is 9.64. The molecule has 2 heteroatoms. The highest BCUT2D eigenvalue weighted by molar-refractivity contribution is 6.22. The fourth-order valence-electron chi connectivity index (χ4n) is 7.69. The number of pyridine rings is 1. The molecule has 0 fully saturated rings. The second kappa shape index (κ2) is 9.25. The van der Waals surface area contributed by atoms with Crippen molar-refractivity contribution >= 4 is 43.4 Å². The number of nitrogens with zero attached hydrogens (tertiary/aromatic N) is 2. The summed E-state index contributed by atoms with van der Waals surface area (Å²) in [6.45, 7) is 0. The van der Waals surface area contributed by atoms with Crippen LogP contribution in [0.15, 0.2) is 158 Å². The molecule has 1 aliphatic carbocycles. The third-order valence-electron chi connectivity index (χ3n) is 9.64. The molecule has 0 spiro atoms. The fraction of sp³-hybridized carbons (Fsp3) is 0. The maximum atomic E-state index is 4.59. The molecule has 10 rings (SSSR count). The van der Waals surface area contributed by atoms with Gasteiger partial charge < -0.3 is 4.57 Å². The lowest BCUT2D eigenvalue weighted by molar-refractivity contribution is 1.19. The normalized spacial score (nSPS) is 12.0. The predicted octanol–water partition coefficient (Wildman–Crippen LogP) is 11.5. The topological polar surface area (TPSA) is 17.8 Å². The average Bonchev–Trinajstić information content (AvgIpc) is 3.63. The van der Waals surface area contributed by atoms with Gasteiger partial charge in [0.15, 0.2) is 0 Å². The molecular formula is C43H26N2. The number of hydrogen-bond donors (Lipinski definition) is 0. The van der Waals surface area contributed by atoms with Gasteiger partial charge in [-0.05, 0) is 85.6 Å². The zero-order chi connectivity index (χ0) is 29.5. The summed E-state index contributed by atoms with van der Waals surface area (Å²) in [5, 5.41) is 7.52. The standard InChI is InChI=1S/C43H26N2/c1-2-9-29(10-3-1)45-41-16-7-6-13-33(41)39-25-38(40-26-44-24-23-37(40)43(39)45)28-19-17-27(18-20-28)30-21-22-36-32-12-5-4-11-31(32)35-15-8-14-34(30)42(35)36/h1-26H. The molecule has 0 bridgehead atoms. The van der Waals surface area contributed by atoms with Gasteiger partial charge in [-0.15, -0.1) is 0 Å². The van der Waals surface area contributed by atoms with Crippen molar-refractivity contribution in [2.75, 3.05) is 0 Å². The van der Waals surface area contributed by atoms with E-state index in [9.17, 15) is 0 Å². The van der Waals surface area contributed by atoms with Crippen LogP contribution in [0, 0.1) is 0 Å². The zero-order valence-corrected chi connectivity index (χ0v) is 24.4. The lowest BCUT2D eigenvalue weighted by atomic mass is 9.92. The molecule has 45 heavy (non-hydrogen) atoms. The third kappa shape index (κ3) is 3.42. The largest absolute Gasteiger partial charge is 0.309 e. The highest BCUT2D eigenvalue weighted by Crippen LogP contribution is 2.49. The van der Waals surface area contributed by atoms with Crippen LogP contribution in [-0.4, -0.2) is 9.55 Å². The van der Waals surface area contributed by atoms with Crippen molar-refractivity contribution in [1.29, 1.82) is 0 Å². The van der Waals surface area contributed by atoms with Gasteiger partial charge in [-0.3, -0.25) is 4.98 Å². The van der Waals surface area contributed by atoms with Gasteiger partial charge in [-0.2, -0.15) is 0 Å². The van der Waals surface area contributed by atoms with E-state index >= 15 is 0 Å². The van der Waals surface area contributed by atoms with Gasteiger partial charge in [0.25, 0.3) is 0 Å². The number of benzene rings is 7. The van der Waals surface area contributed by atoms with Gasteiger partial charge >= 0.3 is 0 Å². The molecule has 0 unspecified atom stereocenters. The molecule has 7 aromatic carbocycles. The van der Waals surface area contributed by atoms with Crippen LogP contribution in [0.25, 0.3) is 93.5 Å². The molecule has 0 radical (unpaired) electrons. The minimum Gasteiger partial charge on any atom is -0.309 e. The Balaban J connectivity index is 1.17. The van der Waals surface area contributed by atoms with Crippen molar-refractivity contribution in [1.82, 2.24) is 9.55 Å². The number of rotatable bonds is 3. The van der Waals surface area contributed by atoms with E-state index < -0.39 is 0 Å². The maximum Gasteiger partial charge on any atom is 0.0621 e. The predicted molar refractivity (Wildman–Crippen MR) is 189 cm³/mol. The maximum absolute atomic E-state index is 4.59. The smallest absolute Gasteiger partial charge is 0.0621 e. The lowest BCUT2D eigenvalue weighted by Gasteiger charge is -2.13. The fourth-order valence-corrected chi connectivity index (χ4v) is 7.69. The Morgan fingerprint density at radius 3 is 1.87 bits per heavy atom. The van der Waals surface area contributed by atoms with Crippen LogP contribution in [0.2, 0.25) is 0 Å². The van der Waals surface area contributed by atoms with E-state index in [1.807, 2.05) is 12.4 Å². The molecule has 1 aliphatic rings. The Labute approximate surface area is 260 Å². The molecule has 0 N–H and O–H groups in total. The molecule has 0 atom stereocenters. The monoisotopic (exact) mass is 570 g/mol. The summed E-state index contributed by atoms with van der Waals surface area (Å²) in [7, 11) is 0. The molecule has 2 aromatic heterocycles. The first-order valence-corrected chi connectivity index (χ1v) is 15.5. The molecule has 0 saturated heterocycles. The van der Waals surface area contributed by atoms with Crippen LogP contribution in [0.1, 0.15) is 0 Å². The summed E-state index contributed by atoms with van der Waals surface area (Å²) in [5.41, 5.74) is 13.8. The number of hydrogen-bond acceptors (Lipinski definition) is 1. The van der Waals surface area contributed by atoms with Crippen molar-refractivity contribution in [3.05, 3.63) is 158 Å². The zero-order valence-electron chi connectivity index (χ0n) is 24.4. The van der Waals surface area contributed by atoms with Gasteiger partial charge in [-0.1, -0.05) is 115 Å². The van der Waals surface area contributed by atoms with Gasteiger partial charge in [-0.25, -0.2) is 0 Å². The van der Waals surface area contributed by atoms with Crippen molar-refractivity contribution in [2.45, 2.75) is 0 Å². The molecule has 0 aliphatic heterocycles. The lowest BCUT2D eigenvalue weighted by Crippen LogP contribution is -1.94. The molecule has 0 saturated carbocycles. The van der Waals surface area contributed by atoms with Crippen LogP contribution in [0.4, 0.5) is 0 Å². The van der Waals surface area contributed by atoms with Crippen molar-refractivity contribution in [3.8, 4) is 50.2 Å². The van der Waals surface area contributed by atoms with Gasteiger partial charge in [0.1, 0.15) is 0 Å². The molecule has 0 amide bonds. The average molecular weight is 571 g/mol. The summed E-state index contributed by atoms with van der Waals surface area (Å²) >= 11 is 0. The highest BCUT2D eigenvalue weighted by atomic mass is 15.0. The Kier molecular flexibility index (Phi) is 5.03. The number of fused-ring (bicyclic) bond motifs is 8. The van der Waals surface area contributed by atoms with E-state index in [1.54, 1.807) is 0 Å². The Bertz CT molecular complexity index is 2600. The van der Waals surface area contributed by atoms with Crippen molar-refractivity contribution in [3.63, 3.8) is 0 Å². The SMILES string of the molecule is c1ccc(-n2c3ccccc3c3cc(-c4ccc(-c5ccc6c7c(cccc57)-c5ccccc5-6)cc4)c4cnccc4c32)cc1. The summed E-state index contributed by atoms with van der Waals surface area (Å²) < 4.78 is 2.40. The summed E-state index contributed by atoms with van der Waals surface area (Å²) in [6.07, 6.45) is 3.93. The van der Waals surface area contributed by atoms with Crippen LogP contribution < -0.4 is 0 Å². The van der Waals surface area contributed by atoms with E-state index in [4.69, 9.17) is 0 Å². The first-order valence-electron chi connectivity index (χ1n) is 15.5. The minimum absolute atomic E-state index is 1.15. The van der Waals surface area contributed by atoms with Crippen LogP contribution in [0.5, 0.6) is 0 Å². The molecule has 9 aromatic rings. The summed E-state index contributed by atoms with van der Waals surface area (Å²) in [6, 6.07) is 53.1. The van der Waals surface area contributed by atoms with E-state index in [1.165, 1.54) is 82.5 Å². The number of para-hydroxylation sites is 2. The van der Waals surface area contributed by atoms with E-state index in [-0.39, 0.29) is 0 Å². The van der Waals surface area contributed by atoms with Crippen molar-refractivity contribution < 1.29 is 0 Å².